The van der Waals surface area contributed by atoms with Gasteiger partial charge in [-0.05, 0) is 49.5 Å². The van der Waals surface area contributed by atoms with Crippen molar-refractivity contribution in [2.24, 2.45) is 7.05 Å². The molecule has 142 valence electrons. The molecule has 0 unspecified atom stereocenters. The summed E-state index contributed by atoms with van der Waals surface area (Å²) in [5.74, 6) is 0.557. The Bertz CT molecular complexity index is 966. The predicted octanol–water partition coefficient (Wildman–Crippen LogP) is 3.53. The van der Waals surface area contributed by atoms with Gasteiger partial charge in [-0.3, -0.25) is 15.0 Å². The number of imidazole rings is 1. The Morgan fingerprint density at radius 1 is 1.26 bits per heavy atom. The zero-order valence-electron chi connectivity index (χ0n) is 16.0. The Morgan fingerprint density at radius 3 is 2.74 bits per heavy atom. The van der Waals surface area contributed by atoms with Gasteiger partial charge in [-0.2, -0.15) is 0 Å². The van der Waals surface area contributed by atoms with Gasteiger partial charge in [-0.25, -0.2) is 4.98 Å². The molecular weight excluding hydrogens is 342 g/mol. The number of fused-ring (bicyclic) bond motifs is 1. The van der Waals surface area contributed by atoms with Gasteiger partial charge in [0.1, 0.15) is 0 Å². The molecule has 2 aromatic heterocycles. The zero-order chi connectivity index (χ0) is 19.0. The van der Waals surface area contributed by atoms with Gasteiger partial charge < -0.3 is 9.09 Å². The number of aromatic nitrogens is 3. The van der Waals surface area contributed by atoms with Crippen molar-refractivity contribution < 1.29 is 9.32 Å². The quantitative estimate of drug-likeness (QED) is 0.746. The maximum Gasteiger partial charge on any atom is 0.296 e. The Labute approximate surface area is 158 Å². The lowest BCUT2D eigenvalue weighted by molar-refractivity contribution is 0.0986. The van der Waals surface area contributed by atoms with E-state index >= 15 is 0 Å². The summed E-state index contributed by atoms with van der Waals surface area (Å²) >= 11 is 0. The second-order valence-electron chi connectivity index (χ2n) is 7.53. The van der Waals surface area contributed by atoms with Crippen molar-refractivity contribution in [3.05, 3.63) is 41.3 Å². The number of aryl methyl sites for hydroxylation is 1. The van der Waals surface area contributed by atoms with E-state index in [1.165, 1.54) is 18.4 Å². The van der Waals surface area contributed by atoms with Crippen LogP contribution in [0.1, 0.15) is 54.4 Å². The van der Waals surface area contributed by atoms with E-state index in [2.05, 4.69) is 38.6 Å². The highest BCUT2D eigenvalue weighted by molar-refractivity contribution is 6.02. The highest BCUT2D eigenvalue weighted by Crippen LogP contribution is 2.22. The lowest BCUT2D eigenvalue weighted by Gasteiger charge is -2.14. The van der Waals surface area contributed by atoms with Gasteiger partial charge in [-0.1, -0.05) is 25.1 Å². The fourth-order valence-electron chi connectivity index (χ4n) is 3.49. The van der Waals surface area contributed by atoms with Crippen molar-refractivity contribution in [1.82, 2.24) is 19.6 Å². The molecule has 0 radical (unpaired) electrons. The third-order valence-corrected chi connectivity index (χ3v) is 5.12. The standard InChI is InChI=1S/C20H25N5O2/c1-13(2)15-11-18(27-23-15)19(26)22-20-21-16-10-14(6-7-17(16)24(20)3)12-25-8-4-5-9-25/h6-7,10-11,13H,4-5,8-9,12H2,1-3H3,(H,21,22,26). The summed E-state index contributed by atoms with van der Waals surface area (Å²) < 4.78 is 7.04. The van der Waals surface area contributed by atoms with Crippen LogP contribution in [0.4, 0.5) is 5.95 Å². The molecule has 1 aliphatic rings. The second kappa shape index (κ2) is 7.15. The van der Waals surface area contributed by atoms with Gasteiger partial charge in [0.15, 0.2) is 0 Å². The van der Waals surface area contributed by atoms with Gasteiger partial charge in [0.2, 0.25) is 11.7 Å². The van der Waals surface area contributed by atoms with Crippen molar-refractivity contribution in [2.45, 2.75) is 39.2 Å². The molecule has 27 heavy (non-hydrogen) atoms. The SMILES string of the molecule is CC(C)c1cc(C(=O)Nc2nc3cc(CN4CCCC4)ccc3n2C)on1. The fourth-order valence-corrected chi connectivity index (χ4v) is 3.49. The largest absolute Gasteiger partial charge is 0.351 e. The third kappa shape index (κ3) is 3.60. The Morgan fingerprint density at radius 2 is 2.04 bits per heavy atom. The van der Waals surface area contributed by atoms with Crippen molar-refractivity contribution in [1.29, 1.82) is 0 Å². The van der Waals surface area contributed by atoms with Crippen LogP contribution in [-0.4, -0.2) is 38.6 Å². The molecule has 0 saturated carbocycles. The molecule has 7 nitrogen and oxygen atoms in total. The molecule has 0 spiro atoms. The first-order chi connectivity index (χ1) is 13.0. The molecule has 4 rings (SSSR count). The first-order valence-corrected chi connectivity index (χ1v) is 9.47. The molecule has 7 heteroatoms. The number of likely N-dealkylation sites (tertiary alicyclic amines) is 1. The summed E-state index contributed by atoms with van der Waals surface area (Å²) in [6, 6.07) is 7.99. The minimum Gasteiger partial charge on any atom is -0.351 e. The van der Waals surface area contributed by atoms with Crippen LogP contribution in [-0.2, 0) is 13.6 Å². The van der Waals surface area contributed by atoms with Crippen LogP contribution in [0.15, 0.2) is 28.8 Å². The Balaban J connectivity index is 1.54. The minimum atomic E-state index is -0.343. The fraction of sp³-hybridized carbons (Fsp3) is 0.450. The molecule has 0 bridgehead atoms. The van der Waals surface area contributed by atoms with Crippen LogP contribution in [0.5, 0.6) is 0 Å². The molecule has 1 amide bonds. The number of anilines is 1. The van der Waals surface area contributed by atoms with Crippen LogP contribution in [0.2, 0.25) is 0 Å². The van der Waals surface area contributed by atoms with Crippen LogP contribution in [0.25, 0.3) is 11.0 Å². The lowest BCUT2D eigenvalue weighted by Crippen LogP contribution is -2.18. The molecule has 1 aliphatic heterocycles. The van der Waals surface area contributed by atoms with Gasteiger partial charge in [0.05, 0.1) is 16.7 Å². The second-order valence-corrected chi connectivity index (χ2v) is 7.53. The molecule has 1 aromatic carbocycles. The monoisotopic (exact) mass is 367 g/mol. The number of carbonyl (C=O) groups is 1. The van der Waals surface area contributed by atoms with Gasteiger partial charge in [-0.15, -0.1) is 0 Å². The highest BCUT2D eigenvalue weighted by Gasteiger charge is 2.18. The van der Waals surface area contributed by atoms with E-state index in [0.29, 0.717) is 5.95 Å². The zero-order valence-corrected chi connectivity index (χ0v) is 16.0. The molecule has 1 fully saturated rings. The summed E-state index contributed by atoms with van der Waals surface area (Å²) in [4.78, 5) is 19.5. The van der Waals surface area contributed by atoms with E-state index in [0.717, 1.165) is 36.4 Å². The average molecular weight is 367 g/mol. The highest BCUT2D eigenvalue weighted by atomic mass is 16.5. The van der Waals surface area contributed by atoms with Crippen LogP contribution >= 0.6 is 0 Å². The Hall–Kier alpha value is -2.67. The molecule has 3 heterocycles. The molecule has 1 saturated heterocycles. The molecule has 0 atom stereocenters. The van der Waals surface area contributed by atoms with E-state index in [-0.39, 0.29) is 17.6 Å². The number of nitrogens with one attached hydrogen (secondary N) is 1. The summed E-state index contributed by atoms with van der Waals surface area (Å²) in [6.45, 7) is 7.29. The van der Waals surface area contributed by atoms with Gasteiger partial charge in [0, 0.05) is 19.7 Å². The molecule has 1 N–H and O–H groups in total. The number of carbonyl (C=O) groups excluding carboxylic acids is 1. The maximum atomic E-state index is 12.5. The van der Waals surface area contributed by atoms with Crippen molar-refractivity contribution in [3.8, 4) is 0 Å². The van der Waals surface area contributed by atoms with Crippen LogP contribution < -0.4 is 5.32 Å². The molecule has 3 aromatic rings. The summed E-state index contributed by atoms with van der Waals surface area (Å²) in [6.07, 6.45) is 2.56. The Kier molecular flexibility index (Phi) is 4.70. The van der Waals surface area contributed by atoms with Crippen molar-refractivity contribution in [3.63, 3.8) is 0 Å². The van der Waals surface area contributed by atoms with Crippen molar-refractivity contribution >= 4 is 22.9 Å². The smallest absolute Gasteiger partial charge is 0.296 e. The lowest BCUT2D eigenvalue weighted by atomic mass is 10.1. The normalized spacial score (nSPS) is 15.1. The minimum absolute atomic E-state index is 0.195. The van der Waals surface area contributed by atoms with E-state index in [1.807, 2.05) is 25.5 Å². The average Bonchev–Trinajstić information content (AvgIpc) is 3.37. The number of hydrogen-bond donors (Lipinski definition) is 1. The summed E-state index contributed by atoms with van der Waals surface area (Å²) in [7, 11) is 1.89. The maximum absolute atomic E-state index is 12.5. The summed E-state index contributed by atoms with van der Waals surface area (Å²) in [5, 5.41) is 6.77. The summed E-state index contributed by atoms with van der Waals surface area (Å²) in [5.41, 5.74) is 3.87. The van der Waals surface area contributed by atoms with E-state index in [9.17, 15) is 4.79 Å². The predicted molar refractivity (Wildman–Crippen MR) is 104 cm³/mol. The number of benzene rings is 1. The van der Waals surface area contributed by atoms with E-state index < -0.39 is 0 Å². The molecule has 0 aliphatic carbocycles. The molecular formula is C20H25N5O2. The third-order valence-electron chi connectivity index (χ3n) is 5.12. The number of nitrogens with zero attached hydrogens (tertiary/aromatic N) is 4. The number of amides is 1. The first-order valence-electron chi connectivity index (χ1n) is 9.47. The van der Waals surface area contributed by atoms with Gasteiger partial charge in [0.25, 0.3) is 5.91 Å². The van der Waals surface area contributed by atoms with Gasteiger partial charge >= 0.3 is 0 Å². The topological polar surface area (TPSA) is 76.2 Å². The van der Waals surface area contributed by atoms with E-state index in [1.54, 1.807) is 6.07 Å². The number of hydrogen-bond acceptors (Lipinski definition) is 5. The van der Waals surface area contributed by atoms with Crippen LogP contribution in [0.3, 0.4) is 0 Å². The van der Waals surface area contributed by atoms with Crippen molar-refractivity contribution in [2.75, 3.05) is 18.4 Å². The van der Waals surface area contributed by atoms with E-state index in [4.69, 9.17) is 4.52 Å². The van der Waals surface area contributed by atoms with Crippen LogP contribution in [0, 0.1) is 0 Å². The number of rotatable bonds is 5. The first kappa shape index (κ1) is 17.7.